The largest absolute Gasteiger partial charge is 0.384 e. The molecule has 0 bridgehead atoms. The van der Waals surface area contributed by atoms with E-state index in [9.17, 15) is 0 Å². The van der Waals surface area contributed by atoms with Crippen LogP contribution in [0.15, 0.2) is 6.07 Å². The average Bonchev–Trinajstić information content (AvgIpc) is 2.91. The summed E-state index contributed by atoms with van der Waals surface area (Å²) in [5.74, 6) is 2.89. The first-order valence-corrected chi connectivity index (χ1v) is 8.47. The lowest BCUT2D eigenvalue weighted by atomic mass is 9.90. The zero-order valence-corrected chi connectivity index (χ0v) is 12.5. The van der Waals surface area contributed by atoms with E-state index in [0.717, 1.165) is 5.82 Å². The van der Waals surface area contributed by atoms with Gasteiger partial charge in [-0.25, -0.2) is 9.97 Å². The Morgan fingerprint density at radius 3 is 2.00 bits per heavy atom. The second-order valence-electron chi connectivity index (χ2n) is 6.60. The molecule has 3 heteroatoms. The summed E-state index contributed by atoms with van der Waals surface area (Å²) in [5.41, 5.74) is 7.27. The highest BCUT2D eigenvalue weighted by Gasteiger charge is 2.22. The van der Waals surface area contributed by atoms with Crippen LogP contribution in [0.5, 0.6) is 0 Å². The van der Waals surface area contributed by atoms with Crippen LogP contribution in [0.25, 0.3) is 0 Å². The van der Waals surface area contributed by atoms with E-state index in [1.807, 2.05) is 6.07 Å². The molecule has 0 aliphatic heterocycles. The minimum absolute atomic E-state index is 0.541. The van der Waals surface area contributed by atoms with Crippen molar-refractivity contribution >= 4 is 5.82 Å². The molecule has 2 fully saturated rings. The quantitative estimate of drug-likeness (QED) is 0.860. The molecular weight excluding hydrogens is 246 g/mol. The van der Waals surface area contributed by atoms with Crippen molar-refractivity contribution in [3.8, 4) is 0 Å². The summed E-state index contributed by atoms with van der Waals surface area (Å²) in [4.78, 5) is 9.49. The molecule has 1 aromatic heterocycles. The van der Waals surface area contributed by atoms with E-state index in [1.165, 1.54) is 76.3 Å². The van der Waals surface area contributed by atoms with Crippen LogP contribution in [0.2, 0.25) is 0 Å². The van der Waals surface area contributed by atoms with Gasteiger partial charge < -0.3 is 5.73 Å². The molecule has 110 valence electrons. The molecular formula is C17H27N3. The Kier molecular flexibility index (Phi) is 4.54. The smallest absolute Gasteiger partial charge is 0.134 e. The Hall–Kier alpha value is -1.12. The van der Waals surface area contributed by atoms with Crippen LogP contribution in [-0.2, 0) is 0 Å². The van der Waals surface area contributed by atoms with Crippen LogP contribution in [0.1, 0.15) is 94.0 Å². The summed E-state index contributed by atoms with van der Waals surface area (Å²) in [6.45, 7) is 0. The molecule has 0 amide bonds. The SMILES string of the molecule is Nc1cc(C2CCCC2)nc(C2CCCCCCC2)n1. The molecule has 0 atom stereocenters. The fourth-order valence-corrected chi connectivity index (χ4v) is 3.83. The van der Waals surface area contributed by atoms with Gasteiger partial charge in [0.2, 0.25) is 0 Å². The minimum atomic E-state index is 0.541. The van der Waals surface area contributed by atoms with Crippen LogP contribution in [-0.4, -0.2) is 9.97 Å². The van der Waals surface area contributed by atoms with Crippen LogP contribution in [0.4, 0.5) is 5.82 Å². The van der Waals surface area contributed by atoms with Gasteiger partial charge in [0.05, 0.1) is 0 Å². The van der Waals surface area contributed by atoms with Gasteiger partial charge in [0.15, 0.2) is 0 Å². The van der Waals surface area contributed by atoms with Crippen LogP contribution in [0, 0.1) is 0 Å². The number of nitrogens with two attached hydrogens (primary N) is 1. The van der Waals surface area contributed by atoms with Crippen molar-refractivity contribution in [3.63, 3.8) is 0 Å². The third kappa shape index (κ3) is 3.31. The predicted molar refractivity (Wildman–Crippen MR) is 82.7 cm³/mol. The molecule has 0 radical (unpaired) electrons. The van der Waals surface area contributed by atoms with Crippen LogP contribution < -0.4 is 5.73 Å². The highest BCUT2D eigenvalue weighted by molar-refractivity contribution is 5.32. The van der Waals surface area contributed by atoms with Crippen molar-refractivity contribution in [1.82, 2.24) is 9.97 Å². The Labute approximate surface area is 122 Å². The van der Waals surface area contributed by atoms with Gasteiger partial charge in [0.25, 0.3) is 0 Å². The molecule has 2 aliphatic carbocycles. The molecule has 2 saturated carbocycles. The lowest BCUT2D eigenvalue weighted by Crippen LogP contribution is -2.11. The Morgan fingerprint density at radius 1 is 0.750 bits per heavy atom. The third-order valence-corrected chi connectivity index (χ3v) is 5.03. The topological polar surface area (TPSA) is 51.8 Å². The molecule has 1 heterocycles. The molecule has 3 nitrogen and oxygen atoms in total. The van der Waals surface area contributed by atoms with Crippen molar-refractivity contribution in [3.05, 3.63) is 17.6 Å². The summed E-state index contributed by atoms with van der Waals surface area (Å²) >= 11 is 0. The maximum atomic E-state index is 6.05. The maximum absolute atomic E-state index is 6.05. The molecule has 0 unspecified atom stereocenters. The number of anilines is 1. The number of hydrogen-bond acceptors (Lipinski definition) is 3. The summed E-state index contributed by atoms with van der Waals surface area (Å²) in [5, 5.41) is 0. The van der Waals surface area contributed by atoms with Crippen LogP contribution >= 0.6 is 0 Å². The molecule has 2 N–H and O–H groups in total. The molecule has 0 spiro atoms. The predicted octanol–water partition coefficient (Wildman–Crippen LogP) is 4.54. The van der Waals surface area contributed by atoms with Crippen molar-refractivity contribution in [1.29, 1.82) is 0 Å². The van der Waals surface area contributed by atoms with Crippen molar-refractivity contribution < 1.29 is 0 Å². The fourth-order valence-electron chi connectivity index (χ4n) is 3.83. The van der Waals surface area contributed by atoms with Crippen LogP contribution in [0.3, 0.4) is 0 Å². The van der Waals surface area contributed by atoms with Gasteiger partial charge in [0, 0.05) is 23.6 Å². The van der Waals surface area contributed by atoms with E-state index in [-0.39, 0.29) is 0 Å². The lowest BCUT2D eigenvalue weighted by molar-refractivity contribution is 0.441. The molecule has 0 saturated heterocycles. The number of nitrogen functional groups attached to an aromatic ring is 1. The number of nitrogens with zero attached hydrogens (tertiary/aromatic N) is 2. The zero-order chi connectivity index (χ0) is 13.8. The summed E-state index contributed by atoms with van der Waals surface area (Å²) < 4.78 is 0. The van der Waals surface area contributed by atoms with Gasteiger partial charge in [-0.05, 0) is 25.7 Å². The Morgan fingerprint density at radius 2 is 1.30 bits per heavy atom. The van der Waals surface area contributed by atoms with Gasteiger partial charge in [-0.3, -0.25) is 0 Å². The van der Waals surface area contributed by atoms with E-state index in [4.69, 9.17) is 10.7 Å². The number of hydrogen-bond donors (Lipinski definition) is 1. The third-order valence-electron chi connectivity index (χ3n) is 5.03. The first-order valence-electron chi connectivity index (χ1n) is 8.47. The second-order valence-corrected chi connectivity index (χ2v) is 6.60. The van der Waals surface area contributed by atoms with Crippen molar-refractivity contribution in [2.45, 2.75) is 82.5 Å². The summed E-state index contributed by atoms with van der Waals surface area (Å²) in [7, 11) is 0. The van der Waals surface area contributed by atoms with Gasteiger partial charge in [-0.1, -0.05) is 44.9 Å². The number of rotatable bonds is 2. The Bertz CT molecular complexity index is 430. The van der Waals surface area contributed by atoms with Gasteiger partial charge >= 0.3 is 0 Å². The van der Waals surface area contributed by atoms with Crippen molar-refractivity contribution in [2.75, 3.05) is 5.73 Å². The van der Waals surface area contributed by atoms with Gasteiger partial charge in [-0.15, -0.1) is 0 Å². The molecule has 1 aromatic rings. The standard InChI is InChI=1S/C17H27N3/c18-16-12-15(13-8-6-7-9-13)19-17(20-16)14-10-4-2-1-3-5-11-14/h12-14H,1-11H2,(H2,18,19,20). The highest BCUT2D eigenvalue weighted by atomic mass is 15.0. The number of aromatic nitrogens is 2. The first-order chi connectivity index (χ1) is 9.83. The van der Waals surface area contributed by atoms with E-state index in [2.05, 4.69) is 4.98 Å². The van der Waals surface area contributed by atoms with Gasteiger partial charge in [0.1, 0.15) is 11.6 Å². The van der Waals surface area contributed by atoms with E-state index in [1.54, 1.807) is 0 Å². The van der Waals surface area contributed by atoms with E-state index < -0.39 is 0 Å². The average molecular weight is 273 g/mol. The lowest BCUT2D eigenvalue weighted by Gasteiger charge is -2.20. The van der Waals surface area contributed by atoms with E-state index in [0.29, 0.717) is 17.7 Å². The monoisotopic (exact) mass is 273 g/mol. The Balaban J connectivity index is 1.80. The molecule has 3 rings (SSSR count). The normalized spacial score (nSPS) is 22.6. The molecule has 20 heavy (non-hydrogen) atoms. The van der Waals surface area contributed by atoms with E-state index >= 15 is 0 Å². The fraction of sp³-hybridized carbons (Fsp3) is 0.765. The molecule has 2 aliphatic rings. The second kappa shape index (κ2) is 6.55. The minimum Gasteiger partial charge on any atom is -0.384 e. The van der Waals surface area contributed by atoms with Gasteiger partial charge in [-0.2, -0.15) is 0 Å². The molecule has 0 aromatic carbocycles. The zero-order valence-electron chi connectivity index (χ0n) is 12.5. The summed E-state index contributed by atoms with van der Waals surface area (Å²) in [6, 6.07) is 2.02. The first kappa shape index (κ1) is 13.8. The summed E-state index contributed by atoms with van der Waals surface area (Å²) in [6.07, 6.45) is 14.5. The highest BCUT2D eigenvalue weighted by Crippen LogP contribution is 2.35. The maximum Gasteiger partial charge on any atom is 0.134 e. The van der Waals surface area contributed by atoms with Crippen molar-refractivity contribution in [2.24, 2.45) is 0 Å².